The summed E-state index contributed by atoms with van der Waals surface area (Å²) in [5.41, 5.74) is 7.71. The monoisotopic (exact) mass is 284 g/mol. The third kappa shape index (κ3) is 2.35. The van der Waals surface area contributed by atoms with Crippen LogP contribution in [-0.4, -0.2) is 37.0 Å². The molecule has 5 nitrogen and oxygen atoms in total. The Bertz CT molecular complexity index is 584. The van der Waals surface area contributed by atoms with E-state index in [9.17, 15) is 13.5 Å². The zero-order valence-corrected chi connectivity index (χ0v) is 12.1. The van der Waals surface area contributed by atoms with Gasteiger partial charge in [0.2, 0.25) is 10.0 Å². The van der Waals surface area contributed by atoms with E-state index in [1.807, 2.05) is 13.0 Å². The van der Waals surface area contributed by atoms with E-state index in [1.54, 1.807) is 13.0 Å². The second kappa shape index (κ2) is 5.11. The summed E-state index contributed by atoms with van der Waals surface area (Å²) >= 11 is 0. The second-order valence-corrected chi connectivity index (χ2v) is 6.85. The molecule has 0 radical (unpaired) electrons. The maximum Gasteiger partial charge on any atom is 0.245 e. The van der Waals surface area contributed by atoms with Crippen molar-refractivity contribution in [2.24, 2.45) is 0 Å². The molecule has 1 saturated heterocycles. The van der Waals surface area contributed by atoms with Crippen molar-refractivity contribution in [2.75, 3.05) is 18.9 Å². The first-order valence-corrected chi connectivity index (χ1v) is 7.82. The third-order valence-corrected chi connectivity index (χ3v) is 5.96. The number of nitrogens with two attached hydrogens (primary N) is 1. The van der Waals surface area contributed by atoms with Gasteiger partial charge in [-0.05, 0) is 43.9 Å². The summed E-state index contributed by atoms with van der Waals surface area (Å²) in [6, 6.07) is 3.11. The number of hydrogen-bond acceptors (Lipinski definition) is 4. The number of hydrogen-bond donors (Lipinski definition) is 2. The summed E-state index contributed by atoms with van der Waals surface area (Å²) in [5, 5.41) is 9.30. The number of aliphatic hydroxyl groups excluding tert-OH is 1. The summed E-state index contributed by atoms with van der Waals surface area (Å²) in [6.45, 7) is 3.92. The molecule has 1 aromatic rings. The van der Waals surface area contributed by atoms with Gasteiger partial charge in [0.15, 0.2) is 0 Å². The summed E-state index contributed by atoms with van der Waals surface area (Å²) in [5.74, 6) is 0. The lowest BCUT2D eigenvalue weighted by Crippen LogP contribution is -2.38. The fraction of sp³-hybridized carbons (Fsp3) is 0.538. The topological polar surface area (TPSA) is 83.6 Å². The van der Waals surface area contributed by atoms with Crippen molar-refractivity contribution in [3.05, 3.63) is 23.3 Å². The molecule has 19 heavy (non-hydrogen) atoms. The maximum atomic E-state index is 12.7. The van der Waals surface area contributed by atoms with Gasteiger partial charge in [-0.3, -0.25) is 0 Å². The molecule has 0 bridgehead atoms. The van der Waals surface area contributed by atoms with Crippen LogP contribution < -0.4 is 5.73 Å². The van der Waals surface area contributed by atoms with Gasteiger partial charge in [0, 0.05) is 12.6 Å². The van der Waals surface area contributed by atoms with Crippen LogP contribution in [0.4, 0.5) is 5.69 Å². The Hall–Kier alpha value is -1.11. The number of rotatable bonds is 3. The fourth-order valence-corrected chi connectivity index (χ4v) is 4.66. The Kier molecular flexibility index (Phi) is 3.85. The first kappa shape index (κ1) is 14.3. The summed E-state index contributed by atoms with van der Waals surface area (Å²) in [4.78, 5) is 0.188. The number of aliphatic hydroxyl groups is 1. The van der Waals surface area contributed by atoms with Crippen LogP contribution in [0.5, 0.6) is 0 Å². The molecule has 3 N–H and O–H groups in total. The van der Waals surface area contributed by atoms with Crippen molar-refractivity contribution in [3.63, 3.8) is 0 Å². The third-order valence-electron chi connectivity index (χ3n) is 3.81. The lowest BCUT2D eigenvalue weighted by atomic mass is 10.1. The van der Waals surface area contributed by atoms with Crippen molar-refractivity contribution in [1.82, 2.24) is 4.31 Å². The lowest BCUT2D eigenvalue weighted by molar-refractivity contribution is 0.213. The smallest absolute Gasteiger partial charge is 0.245 e. The van der Waals surface area contributed by atoms with Gasteiger partial charge in [0.1, 0.15) is 4.90 Å². The molecule has 1 unspecified atom stereocenters. The molecule has 1 aliphatic heterocycles. The molecule has 1 heterocycles. The van der Waals surface area contributed by atoms with E-state index in [1.165, 1.54) is 4.31 Å². The number of anilines is 1. The zero-order chi connectivity index (χ0) is 14.2. The Morgan fingerprint density at radius 3 is 2.74 bits per heavy atom. The Morgan fingerprint density at radius 2 is 2.11 bits per heavy atom. The fourth-order valence-electron chi connectivity index (χ4n) is 2.58. The molecule has 6 heteroatoms. The van der Waals surface area contributed by atoms with E-state index in [4.69, 9.17) is 5.73 Å². The predicted molar refractivity (Wildman–Crippen MR) is 74.3 cm³/mol. The first-order valence-electron chi connectivity index (χ1n) is 6.38. The highest BCUT2D eigenvalue weighted by Gasteiger charge is 2.36. The van der Waals surface area contributed by atoms with Crippen molar-refractivity contribution in [2.45, 2.75) is 37.6 Å². The number of benzene rings is 1. The SMILES string of the molecule is Cc1ccc(N)c(S(=O)(=O)N2CCCC2CO)c1C. The van der Waals surface area contributed by atoms with Crippen molar-refractivity contribution < 1.29 is 13.5 Å². The van der Waals surface area contributed by atoms with E-state index in [0.29, 0.717) is 18.5 Å². The summed E-state index contributed by atoms with van der Waals surface area (Å²) < 4.78 is 26.8. The largest absolute Gasteiger partial charge is 0.398 e. The Labute approximate surface area is 114 Å². The molecule has 0 aromatic heterocycles. The highest BCUT2D eigenvalue weighted by molar-refractivity contribution is 7.89. The van der Waals surface area contributed by atoms with Gasteiger partial charge in [-0.15, -0.1) is 0 Å². The van der Waals surface area contributed by atoms with Crippen molar-refractivity contribution >= 4 is 15.7 Å². The minimum atomic E-state index is -3.64. The van der Waals surface area contributed by atoms with E-state index in [2.05, 4.69) is 0 Å². The van der Waals surface area contributed by atoms with Gasteiger partial charge in [-0.25, -0.2) is 8.42 Å². The van der Waals surface area contributed by atoms with Crippen molar-refractivity contribution in [1.29, 1.82) is 0 Å². The van der Waals surface area contributed by atoms with Crippen LogP contribution in [-0.2, 0) is 10.0 Å². The van der Waals surface area contributed by atoms with Gasteiger partial charge in [-0.2, -0.15) is 4.31 Å². The minimum Gasteiger partial charge on any atom is -0.398 e. The van der Waals surface area contributed by atoms with Gasteiger partial charge in [0.05, 0.1) is 12.3 Å². The molecule has 1 atom stereocenters. The molecule has 106 valence electrons. The first-order chi connectivity index (χ1) is 8.89. The van der Waals surface area contributed by atoms with Gasteiger partial charge in [-0.1, -0.05) is 6.07 Å². The average molecular weight is 284 g/mol. The minimum absolute atomic E-state index is 0.149. The quantitative estimate of drug-likeness (QED) is 0.812. The van der Waals surface area contributed by atoms with Gasteiger partial charge in [0.25, 0.3) is 0 Å². The summed E-state index contributed by atoms with van der Waals surface area (Å²) in [7, 11) is -3.64. The lowest BCUT2D eigenvalue weighted by Gasteiger charge is -2.24. The normalized spacial score (nSPS) is 20.9. The van der Waals surface area contributed by atoms with E-state index < -0.39 is 10.0 Å². The van der Waals surface area contributed by atoms with E-state index in [0.717, 1.165) is 12.0 Å². The molecule has 1 aromatic carbocycles. The van der Waals surface area contributed by atoms with E-state index >= 15 is 0 Å². The molecule has 0 saturated carbocycles. The van der Waals surface area contributed by atoms with Gasteiger partial charge < -0.3 is 10.8 Å². The number of aryl methyl sites for hydroxylation is 1. The highest BCUT2D eigenvalue weighted by atomic mass is 32.2. The van der Waals surface area contributed by atoms with Crippen LogP contribution in [0.1, 0.15) is 24.0 Å². The molecule has 0 amide bonds. The van der Waals surface area contributed by atoms with Crippen LogP contribution in [0.25, 0.3) is 0 Å². The molecule has 1 aliphatic rings. The molecule has 2 rings (SSSR count). The standard InChI is InChI=1S/C13H20N2O3S/c1-9-5-6-12(14)13(10(9)2)19(17,18)15-7-3-4-11(15)8-16/h5-6,11,16H,3-4,7-8,14H2,1-2H3. The molecule has 0 spiro atoms. The Morgan fingerprint density at radius 1 is 1.42 bits per heavy atom. The van der Waals surface area contributed by atoms with Crippen LogP contribution in [0.15, 0.2) is 17.0 Å². The second-order valence-electron chi connectivity index (χ2n) is 5.02. The highest BCUT2D eigenvalue weighted by Crippen LogP contribution is 2.32. The molecular formula is C13H20N2O3S. The number of sulfonamides is 1. The Balaban J connectivity index is 2.54. The van der Waals surface area contributed by atoms with Crippen LogP contribution in [0.3, 0.4) is 0 Å². The van der Waals surface area contributed by atoms with Crippen LogP contribution >= 0.6 is 0 Å². The molecule has 1 fully saturated rings. The number of nitrogen functional groups attached to an aromatic ring is 1. The van der Waals surface area contributed by atoms with Crippen LogP contribution in [0.2, 0.25) is 0 Å². The predicted octanol–water partition coefficient (Wildman–Crippen LogP) is 1.03. The zero-order valence-electron chi connectivity index (χ0n) is 11.3. The number of nitrogens with zero attached hydrogens (tertiary/aromatic N) is 1. The average Bonchev–Trinajstić information content (AvgIpc) is 2.83. The molecule has 0 aliphatic carbocycles. The van der Waals surface area contributed by atoms with Crippen molar-refractivity contribution in [3.8, 4) is 0 Å². The molecular weight excluding hydrogens is 264 g/mol. The van der Waals surface area contributed by atoms with Crippen LogP contribution in [0, 0.1) is 13.8 Å². The maximum absolute atomic E-state index is 12.7. The van der Waals surface area contributed by atoms with Gasteiger partial charge >= 0.3 is 0 Å². The van der Waals surface area contributed by atoms with E-state index in [-0.39, 0.29) is 23.2 Å². The summed E-state index contributed by atoms with van der Waals surface area (Å²) in [6.07, 6.45) is 1.47.